The largest absolute Gasteiger partial charge is 0.338 e. The minimum atomic E-state index is 0.522. The molecule has 0 aromatic heterocycles. The number of hydrogen-bond donors (Lipinski definition) is 0. The molecule has 2 heterocycles. The van der Waals surface area contributed by atoms with Gasteiger partial charge < -0.3 is 9.80 Å². The fourth-order valence-electron chi connectivity index (χ4n) is 3.27. The first-order valence-electron chi connectivity index (χ1n) is 9.35. The van der Waals surface area contributed by atoms with Crippen LogP contribution in [-0.4, -0.2) is 59.7 Å². The average molecular weight is 408 g/mol. The molecule has 0 radical (unpaired) electrons. The molecule has 1 aromatic carbocycles. The quantitative estimate of drug-likeness (QED) is 0.640. The Hall–Kier alpha value is -1.56. The van der Waals surface area contributed by atoms with Crippen LogP contribution in [0, 0.1) is 0 Å². The Labute approximate surface area is 171 Å². The number of rotatable bonds is 2. The number of benzene rings is 1. The number of guanidine groups is 1. The minimum absolute atomic E-state index is 0.522. The van der Waals surface area contributed by atoms with Crippen LogP contribution in [0.5, 0.6) is 0 Å². The van der Waals surface area contributed by atoms with E-state index < -0.39 is 0 Å². The number of aliphatic imine (C=N–C) groups is 1. The van der Waals surface area contributed by atoms with Gasteiger partial charge in [-0.25, -0.2) is 4.99 Å². The van der Waals surface area contributed by atoms with Crippen LogP contribution in [0.3, 0.4) is 0 Å². The lowest BCUT2D eigenvalue weighted by Gasteiger charge is -2.40. The van der Waals surface area contributed by atoms with Gasteiger partial charge in [0.25, 0.3) is 0 Å². The van der Waals surface area contributed by atoms with Crippen LogP contribution in [0.25, 0.3) is 5.70 Å². The van der Waals surface area contributed by atoms with Gasteiger partial charge in [-0.2, -0.15) is 10.1 Å². The predicted octanol–water partition coefficient (Wildman–Crippen LogP) is 5.08. The third-order valence-electron chi connectivity index (χ3n) is 4.94. The van der Waals surface area contributed by atoms with Crippen LogP contribution < -0.4 is 0 Å². The SMILES string of the molecule is CCC(C)=C1c2cc(Cl)c(Cl)cc2N=C(N2CCN(C)CC2)N1N=C(C)C. The number of nitrogens with zero attached hydrogens (tertiary/aromatic N) is 5. The molecule has 0 bridgehead atoms. The molecule has 0 amide bonds. The zero-order chi connectivity index (χ0) is 19.7. The molecule has 0 unspecified atom stereocenters. The number of halogens is 2. The van der Waals surface area contributed by atoms with E-state index in [2.05, 4.69) is 30.7 Å². The Bertz CT molecular complexity index is 816. The summed E-state index contributed by atoms with van der Waals surface area (Å²) >= 11 is 12.6. The minimum Gasteiger partial charge on any atom is -0.338 e. The summed E-state index contributed by atoms with van der Waals surface area (Å²) < 4.78 is 0. The smallest absolute Gasteiger partial charge is 0.227 e. The van der Waals surface area contributed by atoms with Gasteiger partial charge in [-0.15, -0.1) is 0 Å². The summed E-state index contributed by atoms with van der Waals surface area (Å²) in [6.07, 6.45) is 0.916. The van der Waals surface area contributed by atoms with E-state index in [0.717, 1.165) is 61.2 Å². The third-order valence-corrected chi connectivity index (χ3v) is 5.66. The van der Waals surface area contributed by atoms with Crippen molar-refractivity contribution in [2.24, 2.45) is 10.1 Å². The number of fused-ring (bicyclic) bond motifs is 1. The molecule has 2 aliphatic rings. The van der Waals surface area contributed by atoms with Crippen LogP contribution in [0.15, 0.2) is 27.8 Å². The maximum Gasteiger partial charge on any atom is 0.227 e. The molecule has 0 spiro atoms. The molecule has 5 nitrogen and oxygen atoms in total. The molecule has 1 aromatic rings. The van der Waals surface area contributed by atoms with Crippen LogP contribution in [0.1, 0.15) is 39.7 Å². The Morgan fingerprint density at radius 3 is 2.30 bits per heavy atom. The molecule has 1 saturated heterocycles. The molecule has 7 heteroatoms. The average Bonchev–Trinajstić information content (AvgIpc) is 2.62. The number of likely N-dealkylation sites (N-methyl/N-ethyl adjacent to an activating group) is 1. The summed E-state index contributed by atoms with van der Waals surface area (Å²) in [5, 5.41) is 7.89. The Morgan fingerprint density at radius 1 is 1.07 bits per heavy atom. The van der Waals surface area contributed by atoms with Crippen LogP contribution in [0.4, 0.5) is 5.69 Å². The second-order valence-electron chi connectivity index (χ2n) is 7.33. The lowest BCUT2D eigenvalue weighted by atomic mass is 10.0. The maximum absolute atomic E-state index is 6.34. The van der Waals surface area contributed by atoms with Crippen LogP contribution in [0.2, 0.25) is 10.0 Å². The summed E-state index contributed by atoms with van der Waals surface area (Å²) in [5.74, 6) is 0.859. The van der Waals surface area contributed by atoms with Gasteiger partial charge in [-0.05, 0) is 51.9 Å². The molecule has 3 rings (SSSR count). The van der Waals surface area contributed by atoms with Crippen molar-refractivity contribution < 1.29 is 0 Å². The normalized spacial score (nSPS) is 19.6. The lowest BCUT2D eigenvalue weighted by molar-refractivity contribution is 0.204. The van der Waals surface area contributed by atoms with Gasteiger partial charge in [-0.3, -0.25) is 0 Å². The van der Waals surface area contributed by atoms with Gasteiger partial charge in [0.2, 0.25) is 5.96 Å². The summed E-state index contributed by atoms with van der Waals surface area (Å²) in [6, 6.07) is 3.77. The lowest BCUT2D eigenvalue weighted by Crippen LogP contribution is -2.51. The molecule has 0 N–H and O–H groups in total. The van der Waals surface area contributed by atoms with Crippen LogP contribution >= 0.6 is 23.2 Å². The summed E-state index contributed by atoms with van der Waals surface area (Å²) in [5.41, 5.74) is 5.09. The van der Waals surface area contributed by atoms with Crippen molar-refractivity contribution >= 4 is 46.3 Å². The highest BCUT2D eigenvalue weighted by Gasteiger charge is 2.32. The van der Waals surface area contributed by atoms with Crippen molar-refractivity contribution in [2.45, 2.75) is 34.1 Å². The van der Waals surface area contributed by atoms with Crippen molar-refractivity contribution in [2.75, 3.05) is 33.2 Å². The Balaban J connectivity index is 2.21. The molecule has 0 atom stereocenters. The van der Waals surface area contributed by atoms with Gasteiger partial charge in [0.05, 0.1) is 21.4 Å². The standard InChI is InChI=1S/C20H27Cl2N5/c1-6-14(4)19-15-11-16(21)17(22)12-18(15)23-20(27(19)24-13(2)3)26-9-7-25(5)8-10-26/h11-12H,6-10H2,1-5H3. The molecule has 0 saturated carbocycles. The summed E-state index contributed by atoms with van der Waals surface area (Å²) in [4.78, 5) is 9.60. The highest BCUT2D eigenvalue weighted by molar-refractivity contribution is 6.42. The first-order chi connectivity index (χ1) is 12.8. The Kier molecular flexibility index (Phi) is 6.14. The first kappa shape index (κ1) is 20.2. The summed E-state index contributed by atoms with van der Waals surface area (Å²) in [7, 11) is 2.15. The zero-order valence-corrected chi connectivity index (χ0v) is 18.2. The van der Waals surface area contributed by atoms with E-state index in [4.69, 9.17) is 33.3 Å². The molecule has 0 aliphatic carbocycles. The van der Waals surface area contributed by atoms with Gasteiger partial charge in [0.1, 0.15) is 0 Å². The van der Waals surface area contributed by atoms with Crippen molar-refractivity contribution in [1.29, 1.82) is 0 Å². The van der Waals surface area contributed by atoms with Crippen molar-refractivity contribution in [3.05, 3.63) is 33.3 Å². The van der Waals surface area contributed by atoms with E-state index >= 15 is 0 Å². The molecule has 146 valence electrons. The van der Waals surface area contributed by atoms with Gasteiger partial charge >= 0.3 is 0 Å². The number of allylic oxidation sites excluding steroid dienone is 1. The number of piperazine rings is 1. The van der Waals surface area contributed by atoms with E-state index in [0.29, 0.717) is 10.0 Å². The Morgan fingerprint density at radius 2 is 1.70 bits per heavy atom. The van der Waals surface area contributed by atoms with Gasteiger partial charge in [0, 0.05) is 37.5 Å². The van der Waals surface area contributed by atoms with E-state index in [1.165, 1.54) is 5.57 Å². The van der Waals surface area contributed by atoms with Crippen molar-refractivity contribution in [3.63, 3.8) is 0 Å². The fourth-order valence-corrected chi connectivity index (χ4v) is 3.59. The highest BCUT2D eigenvalue weighted by atomic mass is 35.5. The first-order valence-corrected chi connectivity index (χ1v) is 10.1. The molecular formula is C20H27Cl2N5. The second kappa shape index (κ2) is 8.21. The molecule has 27 heavy (non-hydrogen) atoms. The van der Waals surface area contributed by atoms with Crippen LogP contribution in [-0.2, 0) is 0 Å². The zero-order valence-electron chi connectivity index (χ0n) is 16.7. The molecule has 2 aliphatic heterocycles. The maximum atomic E-state index is 6.34. The van der Waals surface area contributed by atoms with E-state index in [1.807, 2.05) is 31.0 Å². The number of hydrogen-bond acceptors (Lipinski definition) is 5. The second-order valence-corrected chi connectivity index (χ2v) is 8.14. The topological polar surface area (TPSA) is 34.4 Å². The van der Waals surface area contributed by atoms with E-state index in [-0.39, 0.29) is 0 Å². The van der Waals surface area contributed by atoms with Gasteiger partial charge in [-0.1, -0.05) is 30.1 Å². The molecule has 1 fully saturated rings. The monoisotopic (exact) mass is 407 g/mol. The van der Waals surface area contributed by atoms with Crippen molar-refractivity contribution in [1.82, 2.24) is 14.8 Å². The summed E-state index contributed by atoms with van der Waals surface area (Å²) in [6.45, 7) is 12.1. The third kappa shape index (κ3) is 4.15. The van der Waals surface area contributed by atoms with Gasteiger partial charge in [0.15, 0.2) is 0 Å². The van der Waals surface area contributed by atoms with Crippen molar-refractivity contribution in [3.8, 4) is 0 Å². The molecular weight excluding hydrogens is 381 g/mol. The predicted molar refractivity (Wildman–Crippen MR) is 116 cm³/mol. The number of hydrazone groups is 1. The highest BCUT2D eigenvalue weighted by Crippen LogP contribution is 2.41. The van der Waals surface area contributed by atoms with E-state index in [9.17, 15) is 0 Å². The van der Waals surface area contributed by atoms with E-state index in [1.54, 1.807) is 0 Å². The fraction of sp³-hybridized carbons (Fsp3) is 0.500.